The average Bonchev–Trinajstić information content (AvgIpc) is 2.94. The van der Waals surface area contributed by atoms with E-state index in [1.165, 1.54) is 6.42 Å². The fourth-order valence-electron chi connectivity index (χ4n) is 3.13. The summed E-state index contributed by atoms with van der Waals surface area (Å²) in [6.07, 6.45) is 2.16. The van der Waals surface area contributed by atoms with Gasteiger partial charge in [0.25, 0.3) is 0 Å². The fraction of sp³-hybridized carbons (Fsp3) is 0.567. The highest BCUT2D eigenvalue weighted by Crippen LogP contribution is 2.25. The van der Waals surface area contributed by atoms with Crippen LogP contribution in [0.2, 0.25) is 0 Å². The minimum atomic E-state index is 0.264. The van der Waals surface area contributed by atoms with E-state index in [-0.39, 0.29) is 5.92 Å². The molecule has 210 valence electrons. The van der Waals surface area contributed by atoms with Crippen molar-refractivity contribution in [2.45, 2.75) is 73.5 Å². The van der Waals surface area contributed by atoms with Crippen molar-refractivity contribution in [2.75, 3.05) is 28.4 Å². The van der Waals surface area contributed by atoms with Crippen molar-refractivity contribution in [1.82, 2.24) is 5.32 Å². The predicted octanol–water partition coefficient (Wildman–Crippen LogP) is 6.01. The number of ether oxygens (including phenoxy) is 4. The molecule has 0 aromatic heterocycles. The molecule has 2 aromatic carbocycles. The van der Waals surface area contributed by atoms with Crippen LogP contribution in [0.1, 0.15) is 65.5 Å². The van der Waals surface area contributed by atoms with Crippen LogP contribution in [0.5, 0.6) is 23.0 Å². The van der Waals surface area contributed by atoms with Crippen LogP contribution in [0.15, 0.2) is 36.4 Å². The van der Waals surface area contributed by atoms with Crippen LogP contribution < -0.4 is 30.0 Å². The number of benzene rings is 2. The van der Waals surface area contributed by atoms with Crippen LogP contribution in [0, 0.1) is 11.8 Å². The third kappa shape index (κ3) is 12.8. The van der Waals surface area contributed by atoms with Crippen molar-refractivity contribution in [3.63, 3.8) is 0 Å². The Morgan fingerprint density at radius 1 is 0.811 bits per heavy atom. The summed E-state index contributed by atoms with van der Waals surface area (Å²) in [5.41, 5.74) is 7.64. The molecule has 3 atom stereocenters. The normalized spacial score (nSPS) is 12.5. The summed E-state index contributed by atoms with van der Waals surface area (Å²) in [4.78, 5) is 10.4. The van der Waals surface area contributed by atoms with Gasteiger partial charge in [-0.3, -0.25) is 4.79 Å². The van der Waals surface area contributed by atoms with E-state index in [4.69, 9.17) is 24.7 Å². The van der Waals surface area contributed by atoms with Crippen molar-refractivity contribution in [1.29, 1.82) is 0 Å². The van der Waals surface area contributed by atoms with Gasteiger partial charge in [0.05, 0.1) is 28.4 Å². The maximum atomic E-state index is 10.4. The summed E-state index contributed by atoms with van der Waals surface area (Å²) < 4.78 is 20.7. The zero-order valence-electron chi connectivity index (χ0n) is 24.6. The van der Waals surface area contributed by atoms with Crippen molar-refractivity contribution in [3.8, 4) is 23.0 Å². The molecule has 0 radical (unpaired) electrons. The molecule has 7 nitrogen and oxygen atoms in total. The number of Topliss-reactive ketones (excluding diaryl/α,β-unsaturated/α-hetero) is 1. The molecule has 0 aliphatic rings. The van der Waals surface area contributed by atoms with E-state index in [0.29, 0.717) is 24.3 Å². The second-order valence-corrected chi connectivity index (χ2v) is 9.03. The van der Waals surface area contributed by atoms with Crippen molar-refractivity contribution < 1.29 is 23.7 Å². The monoisotopic (exact) mass is 518 g/mol. The van der Waals surface area contributed by atoms with Gasteiger partial charge < -0.3 is 30.0 Å². The van der Waals surface area contributed by atoms with E-state index in [0.717, 1.165) is 47.1 Å². The molecular formula is C30H50N2O5. The van der Waals surface area contributed by atoms with Crippen LogP contribution >= 0.6 is 0 Å². The van der Waals surface area contributed by atoms with Gasteiger partial charge in [0.2, 0.25) is 0 Å². The number of nitrogens with one attached hydrogen (secondary N) is 1. The van der Waals surface area contributed by atoms with Crippen molar-refractivity contribution in [3.05, 3.63) is 47.5 Å². The van der Waals surface area contributed by atoms with Crippen LogP contribution in [0.25, 0.3) is 0 Å². The van der Waals surface area contributed by atoms with Crippen LogP contribution in [0.4, 0.5) is 0 Å². The van der Waals surface area contributed by atoms with Gasteiger partial charge in [-0.2, -0.15) is 0 Å². The number of nitrogens with two attached hydrogens (primary N) is 1. The Hall–Kier alpha value is -2.77. The molecule has 2 aromatic rings. The quantitative estimate of drug-likeness (QED) is 0.355. The molecule has 0 aliphatic heterocycles. The standard InChI is InChI=1S/C15H25NO2.C9H13NO2.C6H12O/c1-6-11(2)12(3)16-10-13-7-8-14(17-4)9-15(13)18-5;1-11-8-4-3-7(6-10)9(5-8)12-2;1-4-5(2)6(3)7/h7-9,11-12,16H,6,10H2,1-5H3;3-5H,6,10H2,1-2H3;5H,4H2,1-3H3. The number of carbonyl (C=O) groups is 1. The lowest BCUT2D eigenvalue weighted by Gasteiger charge is -2.20. The molecular weight excluding hydrogens is 468 g/mol. The van der Waals surface area contributed by atoms with Gasteiger partial charge in [-0.05, 0) is 38.3 Å². The Bertz CT molecular complexity index is 904. The smallest absolute Gasteiger partial charge is 0.132 e. The summed E-state index contributed by atoms with van der Waals surface area (Å²) in [6.45, 7) is 13.6. The Balaban J connectivity index is 0.000000586. The Morgan fingerprint density at radius 3 is 1.65 bits per heavy atom. The van der Waals surface area contributed by atoms with Gasteiger partial charge in [0.1, 0.15) is 28.8 Å². The molecule has 0 fully saturated rings. The number of ketones is 1. The number of rotatable bonds is 12. The molecule has 0 aliphatic carbocycles. The first-order valence-electron chi connectivity index (χ1n) is 13.0. The van der Waals surface area contributed by atoms with Crippen molar-refractivity contribution >= 4 is 5.78 Å². The lowest BCUT2D eigenvalue weighted by Crippen LogP contribution is -2.31. The van der Waals surface area contributed by atoms with Crippen LogP contribution in [-0.2, 0) is 17.9 Å². The van der Waals surface area contributed by atoms with Gasteiger partial charge in [-0.25, -0.2) is 0 Å². The fourth-order valence-corrected chi connectivity index (χ4v) is 3.13. The van der Waals surface area contributed by atoms with Gasteiger partial charge in [0.15, 0.2) is 0 Å². The molecule has 0 saturated carbocycles. The molecule has 0 bridgehead atoms. The van der Waals surface area contributed by atoms with Crippen LogP contribution in [0.3, 0.4) is 0 Å². The highest BCUT2D eigenvalue weighted by Gasteiger charge is 2.11. The summed E-state index contributed by atoms with van der Waals surface area (Å²) in [5, 5.41) is 3.54. The van der Waals surface area contributed by atoms with E-state index < -0.39 is 0 Å². The zero-order chi connectivity index (χ0) is 28.4. The van der Waals surface area contributed by atoms with E-state index in [2.05, 4.69) is 26.1 Å². The lowest BCUT2D eigenvalue weighted by molar-refractivity contribution is -0.120. The Morgan fingerprint density at radius 2 is 1.30 bits per heavy atom. The van der Waals surface area contributed by atoms with Crippen LogP contribution in [-0.4, -0.2) is 40.3 Å². The molecule has 3 N–H and O–H groups in total. The molecule has 0 amide bonds. The molecule has 37 heavy (non-hydrogen) atoms. The number of carbonyl (C=O) groups excluding carboxylic acids is 1. The minimum Gasteiger partial charge on any atom is -0.497 e. The molecule has 0 spiro atoms. The SMILES string of the molecule is CCC(C)C(C)=O.CCC(C)C(C)NCc1ccc(OC)cc1OC.COc1ccc(CN)c(OC)c1. The Kier molecular flexibility index (Phi) is 17.9. The van der Waals surface area contributed by atoms with Crippen molar-refractivity contribution in [2.24, 2.45) is 17.6 Å². The lowest BCUT2D eigenvalue weighted by atomic mass is 10.0. The Labute approximate surface area is 225 Å². The number of hydrogen-bond acceptors (Lipinski definition) is 7. The first kappa shape index (κ1) is 34.2. The van der Waals surface area contributed by atoms with E-state index >= 15 is 0 Å². The van der Waals surface area contributed by atoms with Gasteiger partial charge in [0, 0.05) is 48.3 Å². The second-order valence-electron chi connectivity index (χ2n) is 9.03. The number of hydrogen-bond donors (Lipinski definition) is 2. The molecule has 2 rings (SSSR count). The summed E-state index contributed by atoms with van der Waals surface area (Å²) >= 11 is 0. The first-order chi connectivity index (χ1) is 17.6. The van der Waals surface area contributed by atoms with Gasteiger partial charge in [-0.1, -0.05) is 46.2 Å². The molecule has 0 heterocycles. The molecule has 7 heteroatoms. The highest BCUT2D eigenvalue weighted by molar-refractivity contribution is 5.77. The predicted molar refractivity (Wildman–Crippen MR) is 153 cm³/mol. The molecule has 0 saturated heterocycles. The van der Waals surface area contributed by atoms with E-state index in [1.54, 1.807) is 35.4 Å². The maximum Gasteiger partial charge on any atom is 0.132 e. The average molecular weight is 519 g/mol. The summed E-state index contributed by atoms with van der Waals surface area (Å²) in [6, 6.07) is 12.0. The third-order valence-corrected chi connectivity index (χ3v) is 6.63. The summed E-state index contributed by atoms with van der Waals surface area (Å²) in [7, 11) is 6.60. The third-order valence-electron chi connectivity index (χ3n) is 6.63. The van der Waals surface area contributed by atoms with E-state index in [1.807, 2.05) is 50.2 Å². The zero-order valence-corrected chi connectivity index (χ0v) is 24.6. The molecule has 3 unspecified atom stereocenters. The van der Waals surface area contributed by atoms with Gasteiger partial charge >= 0.3 is 0 Å². The highest BCUT2D eigenvalue weighted by atomic mass is 16.5. The first-order valence-corrected chi connectivity index (χ1v) is 13.0. The van der Waals surface area contributed by atoms with E-state index in [9.17, 15) is 4.79 Å². The largest absolute Gasteiger partial charge is 0.497 e. The second kappa shape index (κ2) is 19.4. The summed E-state index contributed by atoms with van der Waals surface area (Å²) in [5.74, 6) is 4.49. The topological polar surface area (TPSA) is 92.0 Å². The minimum absolute atomic E-state index is 0.264. The number of methoxy groups -OCH3 is 4. The maximum absolute atomic E-state index is 10.4. The van der Waals surface area contributed by atoms with Gasteiger partial charge in [-0.15, -0.1) is 0 Å².